The number of likely N-dealkylation sites (tertiary alicyclic amines) is 1. The Kier molecular flexibility index (Phi) is 14.8. The number of carbonyl (C=O) groups is 3. The molecule has 0 spiro atoms. The summed E-state index contributed by atoms with van der Waals surface area (Å²) in [6.07, 6.45) is 4.11. The highest BCUT2D eigenvalue weighted by Gasteiger charge is 2.46. The number of carbonyl (C=O) groups excluding carboxylic acids is 3. The first-order valence-corrected chi connectivity index (χ1v) is 26.2. The van der Waals surface area contributed by atoms with Crippen LogP contribution < -0.4 is 30.7 Å². The molecule has 360 valence electrons. The summed E-state index contributed by atoms with van der Waals surface area (Å²) in [5.41, 5.74) is 4.67. The molecule has 3 aliphatic heterocycles. The standard InChI is InChI=1S/C47H60BrN9O8S2/c1-27(29-12-14-30(15-13-29)40-28(2)50-25-66-40)51-44(60)37-22-33(58)24-57(37)45(61)41(47(3,4)5)54-43(59)31-8-6-9-34(17-16-31)67(62,63)56-20-18-32(19-21-56)52-46-49-23-35(48)42(55-46)53-36-10-7-11-38-39(36)65-26-64-38/h7,10-15,23,25,27,31-34,37,41,58H,6,8-9,16-22,24,26H2,1-5H3,(H,51,60)(H,54,59)(H2,49,52,53,55)/t27-,31?,33+,34?,37?,41+/m0/s1. The number of aryl methyl sites for hydroxylation is 1. The molecule has 2 saturated heterocycles. The number of amides is 3. The molecule has 1 aliphatic carbocycles. The molecule has 2 aromatic carbocycles. The van der Waals surface area contributed by atoms with E-state index in [4.69, 9.17) is 9.47 Å². The number of β-amino-alcohol motifs (C(OH)–C–C–N with tert-alkyl or cyclic N) is 1. The predicted molar refractivity (Wildman–Crippen MR) is 259 cm³/mol. The average Bonchev–Trinajstić information content (AvgIpc) is 4.02. The molecule has 2 aromatic heterocycles. The molecule has 4 aromatic rings. The second kappa shape index (κ2) is 20.4. The van der Waals surface area contributed by atoms with Crippen LogP contribution in [-0.2, 0) is 24.4 Å². The van der Waals surface area contributed by atoms with Gasteiger partial charge in [0.2, 0.25) is 40.5 Å². The number of ether oxygens (including phenoxy) is 2. The number of para-hydroxylation sites is 1. The normalized spacial score (nSPS) is 22.4. The first-order valence-electron chi connectivity index (χ1n) is 23.0. The van der Waals surface area contributed by atoms with Crippen molar-refractivity contribution in [3.05, 3.63) is 69.9 Å². The number of fused-ring (bicyclic) bond motifs is 1. The number of benzene rings is 2. The number of aromatic nitrogens is 3. The highest BCUT2D eigenvalue weighted by atomic mass is 79.9. The number of aliphatic hydroxyl groups excluding tert-OH is 1. The first-order chi connectivity index (χ1) is 32.0. The predicted octanol–water partition coefficient (Wildman–Crippen LogP) is 6.67. The lowest BCUT2D eigenvalue weighted by Crippen LogP contribution is -2.58. The van der Waals surface area contributed by atoms with Gasteiger partial charge in [0.05, 0.1) is 43.6 Å². The smallest absolute Gasteiger partial charge is 0.246 e. The van der Waals surface area contributed by atoms with E-state index in [0.29, 0.717) is 91.5 Å². The fourth-order valence-corrected chi connectivity index (χ4v) is 12.6. The van der Waals surface area contributed by atoms with E-state index in [0.717, 1.165) is 21.7 Å². The third kappa shape index (κ3) is 11.0. The van der Waals surface area contributed by atoms with E-state index < -0.39 is 50.7 Å². The zero-order valence-electron chi connectivity index (χ0n) is 38.5. The molecule has 1 saturated carbocycles. The van der Waals surface area contributed by atoms with Crippen molar-refractivity contribution < 1.29 is 37.4 Å². The van der Waals surface area contributed by atoms with Gasteiger partial charge < -0.3 is 40.7 Å². The van der Waals surface area contributed by atoms with Gasteiger partial charge in [0.1, 0.15) is 17.9 Å². The van der Waals surface area contributed by atoms with Gasteiger partial charge in [-0.1, -0.05) is 57.5 Å². The average molecular weight is 1020 g/mol. The highest BCUT2D eigenvalue weighted by molar-refractivity contribution is 9.10. The van der Waals surface area contributed by atoms with E-state index >= 15 is 0 Å². The summed E-state index contributed by atoms with van der Waals surface area (Å²) in [4.78, 5) is 58.2. The second-order valence-electron chi connectivity index (χ2n) is 19.1. The summed E-state index contributed by atoms with van der Waals surface area (Å²) in [7, 11) is -3.66. The van der Waals surface area contributed by atoms with Gasteiger partial charge in [-0.15, -0.1) is 11.3 Å². The van der Waals surface area contributed by atoms with Crippen LogP contribution in [0.15, 0.2) is 58.6 Å². The van der Waals surface area contributed by atoms with Crippen molar-refractivity contribution in [1.82, 2.24) is 34.8 Å². The molecule has 6 atom stereocenters. The summed E-state index contributed by atoms with van der Waals surface area (Å²) < 4.78 is 41.5. The van der Waals surface area contributed by atoms with Gasteiger partial charge in [0, 0.05) is 44.2 Å². The van der Waals surface area contributed by atoms with Gasteiger partial charge in [0.25, 0.3) is 0 Å². The van der Waals surface area contributed by atoms with Crippen LogP contribution in [0.2, 0.25) is 0 Å². The molecule has 0 bridgehead atoms. The Morgan fingerprint density at radius 3 is 2.43 bits per heavy atom. The minimum atomic E-state index is -3.66. The number of anilines is 3. The van der Waals surface area contributed by atoms with Crippen molar-refractivity contribution in [2.45, 2.75) is 122 Å². The van der Waals surface area contributed by atoms with E-state index in [2.05, 4.69) is 52.1 Å². The molecule has 20 heteroatoms. The number of hydrogen-bond acceptors (Lipinski definition) is 14. The molecule has 3 fully saturated rings. The van der Waals surface area contributed by atoms with E-state index in [9.17, 15) is 27.9 Å². The third-order valence-electron chi connectivity index (χ3n) is 13.3. The Hall–Kier alpha value is -4.89. The largest absolute Gasteiger partial charge is 0.454 e. The number of nitrogens with one attached hydrogen (secondary N) is 4. The van der Waals surface area contributed by atoms with Crippen LogP contribution in [0.5, 0.6) is 11.5 Å². The summed E-state index contributed by atoms with van der Waals surface area (Å²) in [5.74, 6) is 0.580. The fraction of sp³-hybridized carbons (Fsp3) is 0.532. The topological polar surface area (TPSA) is 217 Å². The van der Waals surface area contributed by atoms with Crippen molar-refractivity contribution in [2.75, 3.05) is 37.1 Å². The SMILES string of the molecule is Cc1ncsc1-c1ccc([C@H](C)NC(=O)C2C[C@@H](O)CN2C(=O)[C@@H](NC(=O)C2CCCC(S(=O)(=O)N3CCC(Nc4ncc(Br)c(Nc5cccc6c5OCO6)n4)CC3)CC2)C(C)(C)C)cc1. The molecule has 0 radical (unpaired) electrons. The van der Waals surface area contributed by atoms with Crippen LogP contribution in [0.4, 0.5) is 17.5 Å². The van der Waals surface area contributed by atoms with Gasteiger partial charge in [-0.05, 0) is 97.0 Å². The highest BCUT2D eigenvalue weighted by Crippen LogP contribution is 2.41. The lowest BCUT2D eigenvalue weighted by Gasteiger charge is -2.36. The van der Waals surface area contributed by atoms with Crippen LogP contribution >= 0.6 is 27.3 Å². The van der Waals surface area contributed by atoms with Crippen LogP contribution in [0, 0.1) is 18.3 Å². The van der Waals surface area contributed by atoms with E-state index in [1.165, 1.54) is 4.90 Å². The van der Waals surface area contributed by atoms with E-state index in [1.54, 1.807) is 21.8 Å². The van der Waals surface area contributed by atoms with Gasteiger partial charge in [-0.3, -0.25) is 14.4 Å². The van der Waals surface area contributed by atoms with Crippen molar-refractivity contribution >= 4 is 72.5 Å². The number of aliphatic hydroxyl groups is 1. The molecule has 3 amide bonds. The van der Waals surface area contributed by atoms with E-state index in [1.807, 2.05) is 82.6 Å². The summed E-state index contributed by atoms with van der Waals surface area (Å²) in [6, 6.07) is 11.2. The van der Waals surface area contributed by atoms with E-state index in [-0.39, 0.29) is 43.7 Å². The van der Waals surface area contributed by atoms with Gasteiger partial charge in [-0.2, -0.15) is 4.98 Å². The summed E-state index contributed by atoms with van der Waals surface area (Å²) in [6.45, 7) is 10.2. The fourth-order valence-electron chi connectivity index (χ4n) is 9.43. The Labute approximate surface area is 404 Å². The molecule has 5 N–H and O–H groups in total. The van der Waals surface area contributed by atoms with Crippen molar-refractivity contribution in [1.29, 1.82) is 0 Å². The maximum Gasteiger partial charge on any atom is 0.246 e. The molecule has 8 rings (SSSR count). The Bertz CT molecular complexity index is 2550. The maximum atomic E-state index is 14.4. The van der Waals surface area contributed by atoms with Gasteiger partial charge in [0.15, 0.2) is 11.5 Å². The Morgan fingerprint density at radius 2 is 1.72 bits per heavy atom. The van der Waals surface area contributed by atoms with Crippen LogP contribution in [-0.4, -0.2) is 111 Å². The molecule has 67 heavy (non-hydrogen) atoms. The number of thiazole rings is 1. The second-order valence-corrected chi connectivity index (χ2v) is 23.0. The molecular weight excluding hydrogens is 963 g/mol. The number of nitrogens with zero attached hydrogens (tertiary/aromatic N) is 5. The molecule has 5 heterocycles. The molecular formula is C47H60BrN9O8S2. The molecule has 4 aliphatic rings. The number of halogens is 1. The summed E-state index contributed by atoms with van der Waals surface area (Å²) in [5, 5.41) is 22.9. The third-order valence-corrected chi connectivity index (χ3v) is 17.2. The van der Waals surface area contributed by atoms with Crippen LogP contribution in [0.25, 0.3) is 10.4 Å². The quantitative estimate of drug-likeness (QED) is 0.0886. The van der Waals surface area contributed by atoms with Gasteiger partial charge in [-0.25, -0.2) is 22.7 Å². The Balaban J connectivity index is 0.835. The van der Waals surface area contributed by atoms with Crippen molar-refractivity contribution in [2.24, 2.45) is 11.3 Å². The number of rotatable bonds is 13. The minimum Gasteiger partial charge on any atom is -0.454 e. The van der Waals surface area contributed by atoms with Crippen LogP contribution in [0.3, 0.4) is 0 Å². The maximum absolute atomic E-state index is 14.4. The zero-order chi connectivity index (χ0) is 47.6. The number of piperidine rings is 1. The van der Waals surface area contributed by atoms with Crippen LogP contribution in [0.1, 0.15) is 96.4 Å². The summed E-state index contributed by atoms with van der Waals surface area (Å²) >= 11 is 5.09. The lowest BCUT2D eigenvalue weighted by atomic mass is 9.84. The zero-order valence-corrected chi connectivity index (χ0v) is 41.7. The number of sulfonamides is 1. The monoisotopic (exact) mass is 1020 g/mol. The Morgan fingerprint density at radius 1 is 0.955 bits per heavy atom. The lowest BCUT2D eigenvalue weighted by molar-refractivity contribution is -0.144. The minimum absolute atomic E-state index is 0.0356. The first kappa shape index (κ1) is 48.6. The van der Waals surface area contributed by atoms with Crippen molar-refractivity contribution in [3.8, 4) is 21.9 Å². The van der Waals surface area contributed by atoms with Crippen molar-refractivity contribution in [3.63, 3.8) is 0 Å². The number of hydrogen-bond donors (Lipinski definition) is 5. The molecule has 3 unspecified atom stereocenters. The molecule has 17 nitrogen and oxygen atoms in total. The van der Waals surface area contributed by atoms with Gasteiger partial charge >= 0.3 is 0 Å².